The molecule has 0 unspecified atom stereocenters. The number of H-pyrrole nitrogens is 1. The van der Waals surface area contributed by atoms with E-state index in [2.05, 4.69) is 42.1 Å². The molecule has 2 aliphatic heterocycles. The molecule has 2 aliphatic rings. The fourth-order valence-corrected chi connectivity index (χ4v) is 4.05. The van der Waals surface area contributed by atoms with Gasteiger partial charge in [-0.3, -0.25) is 5.10 Å². The first-order valence-electron chi connectivity index (χ1n) is 7.89. The molecule has 6 nitrogen and oxygen atoms in total. The lowest BCUT2D eigenvalue weighted by Crippen LogP contribution is -2.51. The number of allylic oxidation sites excluding steroid dienone is 1. The Morgan fingerprint density at radius 2 is 2.36 bits per heavy atom. The molecule has 1 spiro atoms. The van der Waals surface area contributed by atoms with Gasteiger partial charge in [-0.15, -0.1) is 5.10 Å². The topological polar surface area (TPSA) is 91.0 Å². The number of nitrogens with zero attached hydrogens (tertiary/aromatic N) is 3. The maximum Gasteiger partial charge on any atom is 0.244 e. The van der Waals surface area contributed by atoms with Crippen LogP contribution in [0.4, 0.5) is 0 Å². The second kappa shape index (κ2) is 5.33. The Labute approximate surface area is 130 Å². The lowest BCUT2D eigenvalue weighted by atomic mass is 9.61. The van der Waals surface area contributed by atoms with Crippen molar-refractivity contribution in [3.63, 3.8) is 0 Å². The van der Waals surface area contributed by atoms with Gasteiger partial charge in [0.1, 0.15) is 11.6 Å². The van der Waals surface area contributed by atoms with Gasteiger partial charge in [0, 0.05) is 23.2 Å². The number of rotatable bonds is 2. The van der Waals surface area contributed by atoms with Crippen molar-refractivity contribution in [1.82, 2.24) is 15.1 Å². The van der Waals surface area contributed by atoms with Gasteiger partial charge in [-0.1, -0.05) is 20.3 Å². The molecule has 0 aliphatic carbocycles. The van der Waals surface area contributed by atoms with Crippen LogP contribution in [-0.4, -0.2) is 35.2 Å². The lowest BCUT2D eigenvalue weighted by Gasteiger charge is -2.47. The van der Waals surface area contributed by atoms with Crippen LogP contribution in [0.5, 0.6) is 5.88 Å². The molecule has 118 valence electrons. The number of aryl methyl sites for hydroxylation is 1. The van der Waals surface area contributed by atoms with Gasteiger partial charge in [-0.25, -0.2) is 0 Å². The first-order valence-corrected chi connectivity index (χ1v) is 7.89. The highest BCUT2D eigenvalue weighted by Crippen LogP contribution is 2.52. The summed E-state index contributed by atoms with van der Waals surface area (Å²) in [5.74, 6) is 1.03. The molecule has 6 heteroatoms. The quantitative estimate of drug-likeness (QED) is 0.867. The molecule has 1 aromatic heterocycles. The predicted octanol–water partition coefficient (Wildman–Crippen LogP) is 1.66. The monoisotopic (exact) mass is 301 g/mol. The molecule has 0 amide bonds. The summed E-state index contributed by atoms with van der Waals surface area (Å²) in [6, 6.07) is 2.33. The minimum Gasteiger partial charge on any atom is -0.420 e. The Hall–Kier alpha value is -2.00. The van der Waals surface area contributed by atoms with E-state index in [1.807, 2.05) is 0 Å². The Bertz CT molecular complexity index is 656. The molecule has 0 aromatic carbocycles. The summed E-state index contributed by atoms with van der Waals surface area (Å²) in [5.41, 5.74) is 8.38. The van der Waals surface area contributed by atoms with Crippen molar-refractivity contribution in [3.05, 3.63) is 22.7 Å². The Kier molecular flexibility index (Phi) is 3.61. The van der Waals surface area contributed by atoms with Gasteiger partial charge in [0.25, 0.3) is 0 Å². The zero-order chi connectivity index (χ0) is 15.9. The van der Waals surface area contributed by atoms with Gasteiger partial charge in [-0.2, -0.15) is 5.26 Å². The van der Waals surface area contributed by atoms with Crippen LogP contribution in [0.15, 0.2) is 11.5 Å². The van der Waals surface area contributed by atoms with Crippen molar-refractivity contribution >= 4 is 0 Å². The number of fused-ring (bicyclic) bond motifs is 2. The fraction of sp³-hybridized carbons (Fsp3) is 0.625. The number of nitrogens with one attached hydrogen (secondary N) is 1. The zero-order valence-corrected chi connectivity index (χ0v) is 13.4. The number of likely N-dealkylation sites (tertiary alicyclic amines) is 1. The van der Waals surface area contributed by atoms with Crippen LogP contribution in [0.25, 0.3) is 0 Å². The Balaban J connectivity index is 2.21. The van der Waals surface area contributed by atoms with E-state index in [-0.39, 0.29) is 17.2 Å². The summed E-state index contributed by atoms with van der Waals surface area (Å²) in [7, 11) is 2.12. The van der Waals surface area contributed by atoms with Gasteiger partial charge in [-0.05, 0) is 32.4 Å². The highest BCUT2D eigenvalue weighted by molar-refractivity contribution is 5.55. The van der Waals surface area contributed by atoms with Crippen LogP contribution in [0.2, 0.25) is 0 Å². The van der Waals surface area contributed by atoms with Crippen LogP contribution < -0.4 is 10.5 Å². The van der Waals surface area contributed by atoms with Gasteiger partial charge in [0.2, 0.25) is 11.8 Å². The summed E-state index contributed by atoms with van der Waals surface area (Å²) in [6.07, 6.45) is 2.77. The summed E-state index contributed by atoms with van der Waals surface area (Å²) in [5, 5.41) is 17.2. The van der Waals surface area contributed by atoms with Crippen molar-refractivity contribution in [3.8, 4) is 11.9 Å². The summed E-state index contributed by atoms with van der Waals surface area (Å²) in [6.45, 7) is 6.18. The SMILES string of the molecule is CCCc1[nH]nc2c1[C@@]1(CCN(C)C[C@@H]1C)C(C#N)=C(N)O2. The van der Waals surface area contributed by atoms with Gasteiger partial charge in [0.05, 0.1) is 0 Å². The third-order valence-corrected chi connectivity index (χ3v) is 5.08. The van der Waals surface area contributed by atoms with Crippen LogP contribution in [0, 0.1) is 17.2 Å². The Morgan fingerprint density at radius 3 is 3.00 bits per heavy atom. The molecular formula is C16H23N5O. The summed E-state index contributed by atoms with van der Waals surface area (Å²) < 4.78 is 5.64. The normalized spacial score (nSPS) is 28.4. The minimum atomic E-state index is -0.379. The molecular weight excluding hydrogens is 278 g/mol. The number of hydrogen-bond donors (Lipinski definition) is 2. The van der Waals surface area contributed by atoms with Gasteiger partial charge < -0.3 is 15.4 Å². The van der Waals surface area contributed by atoms with Crippen LogP contribution in [-0.2, 0) is 11.8 Å². The molecule has 1 aromatic rings. The molecule has 2 atom stereocenters. The first kappa shape index (κ1) is 14.9. The molecule has 3 heterocycles. The van der Waals surface area contributed by atoms with E-state index >= 15 is 0 Å². The summed E-state index contributed by atoms with van der Waals surface area (Å²) >= 11 is 0. The van der Waals surface area contributed by atoms with Gasteiger partial charge in [0.15, 0.2) is 0 Å². The van der Waals surface area contributed by atoms with Crippen molar-refractivity contribution in [1.29, 1.82) is 5.26 Å². The number of hydrogen-bond acceptors (Lipinski definition) is 5. The highest BCUT2D eigenvalue weighted by atomic mass is 16.5. The number of aromatic nitrogens is 2. The number of nitrogens with two attached hydrogens (primary N) is 1. The average molecular weight is 301 g/mol. The molecule has 0 saturated carbocycles. The smallest absolute Gasteiger partial charge is 0.244 e. The fourth-order valence-electron chi connectivity index (χ4n) is 4.05. The molecule has 3 N–H and O–H groups in total. The third-order valence-electron chi connectivity index (χ3n) is 5.08. The highest BCUT2D eigenvalue weighted by Gasteiger charge is 2.52. The number of nitriles is 1. The van der Waals surface area contributed by atoms with E-state index in [9.17, 15) is 5.26 Å². The second-order valence-corrected chi connectivity index (χ2v) is 6.47. The maximum absolute atomic E-state index is 9.73. The van der Waals surface area contributed by atoms with E-state index in [4.69, 9.17) is 10.5 Å². The van der Waals surface area contributed by atoms with Crippen molar-refractivity contribution in [2.75, 3.05) is 20.1 Å². The number of piperidine rings is 1. The van der Waals surface area contributed by atoms with Gasteiger partial charge >= 0.3 is 0 Å². The number of ether oxygens (including phenoxy) is 1. The lowest BCUT2D eigenvalue weighted by molar-refractivity contribution is 0.135. The van der Waals surface area contributed by atoms with Crippen LogP contribution >= 0.6 is 0 Å². The summed E-state index contributed by atoms with van der Waals surface area (Å²) in [4.78, 5) is 2.30. The van der Waals surface area contributed by atoms with Crippen LogP contribution in [0.1, 0.15) is 37.9 Å². The second-order valence-electron chi connectivity index (χ2n) is 6.47. The van der Waals surface area contributed by atoms with Crippen molar-refractivity contribution < 1.29 is 4.74 Å². The van der Waals surface area contributed by atoms with E-state index in [1.165, 1.54) is 0 Å². The molecule has 0 bridgehead atoms. The standard InChI is InChI=1S/C16H23N5O/c1-4-5-12-13-15(20-19-12)22-14(18)11(8-17)16(13)6-7-21(3)9-10(16)2/h10H,4-7,9,18H2,1-3H3,(H,19,20)/t10-,16+/m0/s1. The van der Waals surface area contributed by atoms with Crippen LogP contribution in [0.3, 0.4) is 0 Å². The van der Waals surface area contributed by atoms with E-state index in [1.54, 1.807) is 0 Å². The third kappa shape index (κ3) is 1.92. The van der Waals surface area contributed by atoms with E-state index < -0.39 is 0 Å². The predicted molar refractivity (Wildman–Crippen MR) is 83.0 cm³/mol. The number of aromatic amines is 1. The van der Waals surface area contributed by atoms with E-state index in [0.29, 0.717) is 11.5 Å². The first-order chi connectivity index (χ1) is 10.5. The zero-order valence-electron chi connectivity index (χ0n) is 13.4. The maximum atomic E-state index is 9.73. The van der Waals surface area contributed by atoms with E-state index in [0.717, 1.165) is 43.6 Å². The Morgan fingerprint density at radius 1 is 1.59 bits per heavy atom. The molecule has 1 saturated heterocycles. The molecule has 3 rings (SSSR count). The molecule has 0 radical (unpaired) electrons. The van der Waals surface area contributed by atoms with Crippen molar-refractivity contribution in [2.45, 2.75) is 38.5 Å². The minimum absolute atomic E-state index is 0.209. The molecule has 22 heavy (non-hydrogen) atoms. The average Bonchev–Trinajstić information content (AvgIpc) is 2.86. The largest absolute Gasteiger partial charge is 0.420 e. The molecule has 1 fully saturated rings. The van der Waals surface area contributed by atoms with Crippen molar-refractivity contribution in [2.24, 2.45) is 11.7 Å².